The topological polar surface area (TPSA) is 83.8 Å². The van der Waals surface area contributed by atoms with Gasteiger partial charge in [-0.25, -0.2) is 13.2 Å². The number of anilines is 1. The molecule has 2 aromatic heterocycles. The molecule has 228 valence electrons. The van der Waals surface area contributed by atoms with Gasteiger partial charge >= 0.3 is 6.01 Å². The number of hydrogen-bond acceptors (Lipinski definition) is 8. The van der Waals surface area contributed by atoms with Gasteiger partial charge < -0.3 is 19.5 Å². The maximum Gasteiger partial charge on any atom is 0.319 e. The molecule has 44 heavy (non-hydrogen) atoms. The normalized spacial score (nSPS) is 22.6. The van der Waals surface area contributed by atoms with Gasteiger partial charge in [-0.3, -0.25) is 9.88 Å². The number of ether oxygens (including phenoxy) is 2. The van der Waals surface area contributed by atoms with E-state index in [2.05, 4.69) is 20.8 Å². The van der Waals surface area contributed by atoms with Crippen LogP contribution in [0, 0.1) is 24.0 Å². The number of fused-ring (bicyclic) bond motifs is 3. The maximum absolute atomic E-state index is 16.7. The highest BCUT2D eigenvalue weighted by Crippen LogP contribution is 2.41. The van der Waals surface area contributed by atoms with Gasteiger partial charge in [0, 0.05) is 49.8 Å². The van der Waals surface area contributed by atoms with Gasteiger partial charge in [-0.1, -0.05) is 12.0 Å². The van der Waals surface area contributed by atoms with Crippen molar-refractivity contribution in [2.75, 3.05) is 50.9 Å². The van der Waals surface area contributed by atoms with E-state index in [0.717, 1.165) is 32.2 Å². The number of nitrogens with zero attached hydrogens (tertiary/aromatic N) is 5. The first kappa shape index (κ1) is 28.6. The summed E-state index contributed by atoms with van der Waals surface area (Å²) in [6, 6.07) is 5.41. The number of hydrogen-bond donors (Lipinski definition) is 1. The number of benzene rings is 2. The highest BCUT2D eigenvalue weighted by Gasteiger charge is 2.49. The Morgan fingerprint density at radius 3 is 2.86 bits per heavy atom. The number of rotatable bonds is 5. The molecule has 0 bridgehead atoms. The van der Waals surface area contributed by atoms with E-state index in [1.54, 1.807) is 0 Å². The standard InChI is InChI=1S/C33H32F3N5O3/c1-2-23-26(35)7-6-20-14-22(42)15-24(27(20)23)29-28(36)30-25(17-37-29)31(40-9-3-4-12-43-13-11-40)39-32(38-30)44-19-33-8-5-10-41(33)18-21(34)16-33/h1,6-7,14-15,17,21,42H,3-5,8-13,16,18-19H2/t21-,33+/m1/s1. The molecule has 3 saturated heterocycles. The summed E-state index contributed by atoms with van der Waals surface area (Å²) in [5, 5.41) is 11.6. The highest BCUT2D eigenvalue weighted by atomic mass is 19.1. The van der Waals surface area contributed by atoms with Crippen LogP contribution >= 0.6 is 0 Å². The molecule has 0 unspecified atom stereocenters. The summed E-state index contributed by atoms with van der Waals surface area (Å²) in [4.78, 5) is 17.9. The fourth-order valence-corrected chi connectivity index (χ4v) is 7.02. The third-order valence-electron chi connectivity index (χ3n) is 9.10. The molecule has 3 aliphatic heterocycles. The van der Waals surface area contributed by atoms with E-state index in [1.807, 2.05) is 4.90 Å². The Bertz CT molecular complexity index is 1790. The van der Waals surface area contributed by atoms with Crippen molar-refractivity contribution in [2.24, 2.45) is 0 Å². The van der Waals surface area contributed by atoms with E-state index >= 15 is 4.39 Å². The first-order valence-electron chi connectivity index (χ1n) is 15.0. The molecule has 0 amide bonds. The van der Waals surface area contributed by atoms with E-state index in [9.17, 15) is 13.9 Å². The molecule has 3 aliphatic rings. The SMILES string of the molecule is C#Cc1c(F)ccc2cc(O)cc(-c3ncc4c(N5CCCCOCC5)nc(OC[C@@]56CCCN5C[C@H](F)C6)nc4c3F)c12. The highest BCUT2D eigenvalue weighted by molar-refractivity contribution is 6.03. The summed E-state index contributed by atoms with van der Waals surface area (Å²) in [6.45, 7) is 3.72. The molecule has 2 atom stereocenters. The molecule has 0 spiro atoms. The zero-order chi connectivity index (χ0) is 30.4. The van der Waals surface area contributed by atoms with Crippen molar-refractivity contribution >= 4 is 27.5 Å². The lowest BCUT2D eigenvalue weighted by atomic mass is 9.95. The van der Waals surface area contributed by atoms with Crippen LogP contribution in [0.1, 0.15) is 37.7 Å². The summed E-state index contributed by atoms with van der Waals surface area (Å²) in [5.74, 6) is 1.23. The molecular weight excluding hydrogens is 571 g/mol. The number of alkyl halides is 1. The van der Waals surface area contributed by atoms with Crippen LogP contribution in [-0.2, 0) is 4.74 Å². The van der Waals surface area contributed by atoms with Crippen molar-refractivity contribution < 1.29 is 27.8 Å². The summed E-state index contributed by atoms with van der Waals surface area (Å²) >= 11 is 0. The molecule has 4 aromatic rings. The van der Waals surface area contributed by atoms with Crippen LogP contribution in [-0.4, -0.2) is 82.7 Å². The minimum Gasteiger partial charge on any atom is -0.508 e. The predicted molar refractivity (Wildman–Crippen MR) is 161 cm³/mol. The molecule has 0 saturated carbocycles. The van der Waals surface area contributed by atoms with E-state index in [1.165, 1.54) is 30.5 Å². The molecule has 5 heterocycles. The number of aromatic nitrogens is 3. The Kier molecular flexibility index (Phi) is 7.42. The molecule has 2 aromatic carbocycles. The van der Waals surface area contributed by atoms with Crippen LogP contribution in [0.15, 0.2) is 30.5 Å². The smallest absolute Gasteiger partial charge is 0.319 e. The zero-order valence-electron chi connectivity index (χ0n) is 24.2. The van der Waals surface area contributed by atoms with Crippen LogP contribution in [0.3, 0.4) is 0 Å². The fraction of sp³-hybridized carbons (Fsp3) is 0.424. The third kappa shape index (κ3) is 4.96. The van der Waals surface area contributed by atoms with E-state index in [0.29, 0.717) is 55.9 Å². The Labute approximate surface area is 252 Å². The lowest BCUT2D eigenvalue weighted by Gasteiger charge is -2.31. The molecule has 0 radical (unpaired) electrons. The lowest BCUT2D eigenvalue weighted by molar-refractivity contribution is 0.107. The second-order valence-corrected chi connectivity index (χ2v) is 11.8. The van der Waals surface area contributed by atoms with Crippen LogP contribution < -0.4 is 9.64 Å². The van der Waals surface area contributed by atoms with Gasteiger partial charge in [0.2, 0.25) is 0 Å². The Morgan fingerprint density at radius 2 is 2.00 bits per heavy atom. The molecule has 3 fully saturated rings. The molecule has 7 rings (SSSR count). The first-order chi connectivity index (χ1) is 21.4. The van der Waals surface area contributed by atoms with Crippen LogP contribution in [0.4, 0.5) is 19.0 Å². The van der Waals surface area contributed by atoms with Crippen molar-refractivity contribution in [1.82, 2.24) is 19.9 Å². The Balaban J connectivity index is 1.37. The number of halogens is 3. The number of aromatic hydroxyl groups is 1. The molecule has 11 heteroatoms. The van der Waals surface area contributed by atoms with Gasteiger partial charge in [0.15, 0.2) is 5.82 Å². The summed E-state index contributed by atoms with van der Waals surface area (Å²) in [5.41, 5.74) is -0.554. The second kappa shape index (κ2) is 11.4. The lowest BCUT2D eigenvalue weighted by Crippen LogP contribution is -2.43. The predicted octanol–water partition coefficient (Wildman–Crippen LogP) is 5.38. The first-order valence-corrected chi connectivity index (χ1v) is 15.0. The maximum atomic E-state index is 16.7. The average molecular weight is 604 g/mol. The molecule has 0 aliphatic carbocycles. The fourth-order valence-electron chi connectivity index (χ4n) is 7.02. The van der Waals surface area contributed by atoms with Crippen LogP contribution in [0.25, 0.3) is 32.9 Å². The molecule has 1 N–H and O–H groups in total. The summed E-state index contributed by atoms with van der Waals surface area (Å²) in [7, 11) is 0. The van der Waals surface area contributed by atoms with Crippen molar-refractivity contribution in [1.29, 1.82) is 0 Å². The minimum absolute atomic E-state index is 0.0220. The Hall–Kier alpha value is -4.14. The van der Waals surface area contributed by atoms with Crippen molar-refractivity contribution in [3.05, 3.63) is 47.7 Å². The second-order valence-electron chi connectivity index (χ2n) is 11.8. The number of phenols is 1. The average Bonchev–Trinajstić information content (AvgIpc) is 3.51. The van der Waals surface area contributed by atoms with Crippen LogP contribution in [0.2, 0.25) is 0 Å². The van der Waals surface area contributed by atoms with Gasteiger partial charge in [0.25, 0.3) is 0 Å². The van der Waals surface area contributed by atoms with Gasteiger partial charge in [-0.05, 0) is 55.8 Å². The zero-order valence-corrected chi connectivity index (χ0v) is 24.2. The van der Waals surface area contributed by atoms with E-state index < -0.39 is 23.3 Å². The minimum atomic E-state index is -0.922. The number of phenolic OH excluding ortho intramolecular Hbond substituents is 1. The summed E-state index contributed by atoms with van der Waals surface area (Å²) in [6.07, 6.45) is 10.1. The molecular formula is C33H32F3N5O3. The Morgan fingerprint density at radius 1 is 1.11 bits per heavy atom. The quantitative estimate of drug-likeness (QED) is 0.305. The number of pyridine rings is 1. The summed E-state index contributed by atoms with van der Waals surface area (Å²) < 4.78 is 57.8. The monoisotopic (exact) mass is 603 g/mol. The van der Waals surface area contributed by atoms with Crippen molar-refractivity contribution in [3.8, 4) is 35.4 Å². The van der Waals surface area contributed by atoms with E-state index in [-0.39, 0.29) is 46.1 Å². The largest absolute Gasteiger partial charge is 0.508 e. The van der Waals surface area contributed by atoms with Crippen LogP contribution in [0.5, 0.6) is 11.8 Å². The van der Waals surface area contributed by atoms with Gasteiger partial charge in [-0.15, -0.1) is 6.42 Å². The van der Waals surface area contributed by atoms with E-state index in [4.69, 9.17) is 20.9 Å². The third-order valence-corrected chi connectivity index (χ3v) is 9.10. The van der Waals surface area contributed by atoms with Gasteiger partial charge in [-0.2, -0.15) is 9.97 Å². The van der Waals surface area contributed by atoms with Crippen molar-refractivity contribution in [2.45, 2.75) is 43.8 Å². The van der Waals surface area contributed by atoms with Gasteiger partial charge in [0.05, 0.1) is 23.1 Å². The number of terminal acetylenes is 1. The van der Waals surface area contributed by atoms with Gasteiger partial charge in [0.1, 0.15) is 41.4 Å². The van der Waals surface area contributed by atoms with Crippen molar-refractivity contribution in [3.63, 3.8) is 0 Å². The molecule has 8 nitrogen and oxygen atoms in total.